The normalized spacial score (nSPS) is 17.6. The average Bonchev–Trinajstić information content (AvgIpc) is 3.59. The number of rotatable bonds is 9. The topological polar surface area (TPSA) is 91.2 Å². The molecule has 11 heteroatoms. The van der Waals surface area contributed by atoms with Gasteiger partial charge in [0.1, 0.15) is 22.5 Å². The molecule has 1 atom stereocenters. The highest BCUT2D eigenvalue weighted by Gasteiger charge is 2.32. The molecule has 1 aliphatic heterocycles. The van der Waals surface area contributed by atoms with Crippen molar-refractivity contribution in [3.63, 3.8) is 0 Å². The number of carbonyl (C=O) groups excluding carboxylic acids is 1. The number of anilines is 2. The fourth-order valence-corrected chi connectivity index (χ4v) is 5.88. The third-order valence-corrected chi connectivity index (χ3v) is 8.09. The summed E-state index contributed by atoms with van der Waals surface area (Å²) in [4.78, 5) is 26.4. The second-order valence-corrected chi connectivity index (χ2v) is 10.9. The van der Waals surface area contributed by atoms with Crippen LogP contribution in [0.4, 0.5) is 20.2 Å². The van der Waals surface area contributed by atoms with Crippen LogP contribution in [0.25, 0.3) is 21.7 Å². The number of methoxy groups -OCH3 is 1. The van der Waals surface area contributed by atoms with Gasteiger partial charge in [0.05, 0.1) is 29.7 Å². The molecule has 4 heterocycles. The first-order valence-corrected chi connectivity index (χ1v) is 14.0. The van der Waals surface area contributed by atoms with Crippen LogP contribution in [0.3, 0.4) is 0 Å². The van der Waals surface area contributed by atoms with Gasteiger partial charge in [-0.1, -0.05) is 6.07 Å². The summed E-state index contributed by atoms with van der Waals surface area (Å²) in [6.07, 6.45) is 0.816. The molecule has 4 aromatic rings. The molecular weight excluding hydrogens is 524 g/mol. The summed E-state index contributed by atoms with van der Waals surface area (Å²) in [6.45, 7) is 2.41. The van der Waals surface area contributed by atoms with E-state index in [9.17, 15) is 13.6 Å². The number of para-hydroxylation sites is 1. The van der Waals surface area contributed by atoms with E-state index in [0.29, 0.717) is 41.4 Å². The summed E-state index contributed by atoms with van der Waals surface area (Å²) < 4.78 is 41.7. The number of aryl methyl sites for hydroxylation is 1. The number of Topliss-reactive ketones (excluding diaryl/α,β-unsaturated/α-hetero) is 1. The molecule has 6 rings (SSSR count). The Morgan fingerprint density at radius 3 is 2.72 bits per heavy atom. The van der Waals surface area contributed by atoms with Gasteiger partial charge in [-0.15, -0.1) is 11.3 Å². The average molecular weight is 554 g/mol. The van der Waals surface area contributed by atoms with E-state index in [4.69, 9.17) is 14.5 Å². The van der Waals surface area contributed by atoms with Gasteiger partial charge in [0.25, 0.3) is 6.43 Å². The SMILES string of the molecule is COc1c(Nc2cc(CC(=O)C3CC3)nc3c2nc(C(F)F)n3C2CCCCO2)cccc1-c1nc(C)cs1. The van der Waals surface area contributed by atoms with Gasteiger partial charge in [0.15, 0.2) is 17.2 Å². The summed E-state index contributed by atoms with van der Waals surface area (Å²) in [5.74, 6) is 0.342. The first-order valence-electron chi connectivity index (χ1n) is 13.1. The van der Waals surface area contributed by atoms with Gasteiger partial charge in [0, 0.05) is 30.0 Å². The number of alkyl halides is 2. The number of pyridine rings is 1. The number of ether oxygens (including phenoxy) is 2. The van der Waals surface area contributed by atoms with Crippen LogP contribution in [0.15, 0.2) is 29.6 Å². The Labute approximate surface area is 228 Å². The van der Waals surface area contributed by atoms with E-state index in [1.807, 2.05) is 30.5 Å². The Hall–Kier alpha value is -3.44. The molecule has 204 valence electrons. The molecule has 1 saturated carbocycles. The summed E-state index contributed by atoms with van der Waals surface area (Å²) >= 11 is 1.51. The number of thiazole rings is 1. The highest BCUT2D eigenvalue weighted by Crippen LogP contribution is 2.41. The Morgan fingerprint density at radius 1 is 1.21 bits per heavy atom. The number of fused-ring (bicyclic) bond motifs is 1. The molecule has 1 aromatic carbocycles. The Morgan fingerprint density at radius 2 is 2.05 bits per heavy atom. The molecule has 2 aliphatic rings. The van der Waals surface area contributed by atoms with E-state index in [2.05, 4.69) is 15.3 Å². The van der Waals surface area contributed by atoms with E-state index in [1.165, 1.54) is 15.9 Å². The van der Waals surface area contributed by atoms with Crippen LogP contribution in [0.1, 0.15) is 62.0 Å². The molecule has 3 aromatic heterocycles. The van der Waals surface area contributed by atoms with Crippen molar-refractivity contribution < 1.29 is 23.0 Å². The smallest absolute Gasteiger partial charge is 0.295 e. The monoisotopic (exact) mass is 553 g/mol. The lowest BCUT2D eigenvalue weighted by molar-refractivity contribution is -0.119. The standard InChI is InChI=1S/C28H29F2N5O3S/c1-15-14-39-28(31-15)18-6-5-7-19(24(18)37-2)33-20-12-17(13-21(36)16-9-10-16)32-26-23(20)34-27(25(29)30)35(26)22-8-3-4-11-38-22/h5-7,12,14,16,22,25H,3-4,8-11,13H2,1-2H3,(H,32,33). The maximum absolute atomic E-state index is 14.3. The lowest BCUT2D eigenvalue weighted by atomic mass is 10.1. The van der Waals surface area contributed by atoms with E-state index in [0.717, 1.165) is 41.9 Å². The maximum Gasteiger partial charge on any atom is 0.295 e. The van der Waals surface area contributed by atoms with E-state index in [-0.39, 0.29) is 23.8 Å². The molecule has 1 N–H and O–H groups in total. The third-order valence-electron chi connectivity index (χ3n) is 7.09. The number of halogens is 2. The molecule has 8 nitrogen and oxygen atoms in total. The Kier molecular flexibility index (Phi) is 7.03. The molecule has 0 amide bonds. The number of carbonyl (C=O) groups is 1. The minimum Gasteiger partial charge on any atom is -0.494 e. The van der Waals surface area contributed by atoms with Crippen LogP contribution in [-0.2, 0) is 16.0 Å². The van der Waals surface area contributed by atoms with Crippen molar-refractivity contribution in [2.24, 2.45) is 5.92 Å². The molecule has 2 fully saturated rings. The summed E-state index contributed by atoms with van der Waals surface area (Å²) in [5.41, 5.74) is 3.89. The molecule has 1 unspecified atom stereocenters. The fraction of sp³-hybridized carbons (Fsp3) is 0.429. The quantitative estimate of drug-likeness (QED) is 0.244. The van der Waals surface area contributed by atoms with Crippen LogP contribution in [0.5, 0.6) is 5.75 Å². The predicted molar refractivity (Wildman–Crippen MR) is 145 cm³/mol. The largest absolute Gasteiger partial charge is 0.494 e. The molecular formula is C28H29F2N5O3S. The van der Waals surface area contributed by atoms with E-state index >= 15 is 0 Å². The number of ketones is 1. The number of nitrogens with zero attached hydrogens (tertiary/aromatic N) is 4. The second-order valence-electron chi connectivity index (χ2n) is 10.0. The number of aromatic nitrogens is 4. The van der Waals surface area contributed by atoms with Crippen molar-refractivity contribution in [3.05, 3.63) is 46.9 Å². The lowest BCUT2D eigenvalue weighted by Gasteiger charge is -2.25. The number of nitrogens with one attached hydrogen (secondary N) is 1. The molecule has 0 bridgehead atoms. The van der Waals surface area contributed by atoms with Crippen LogP contribution >= 0.6 is 11.3 Å². The Balaban J connectivity index is 1.49. The van der Waals surface area contributed by atoms with Gasteiger partial charge in [-0.2, -0.15) is 0 Å². The van der Waals surface area contributed by atoms with Crippen LogP contribution < -0.4 is 10.1 Å². The second kappa shape index (κ2) is 10.6. The Bertz CT molecular complexity index is 1530. The molecule has 1 aliphatic carbocycles. The van der Waals surface area contributed by atoms with Gasteiger partial charge in [-0.3, -0.25) is 9.36 Å². The zero-order valence-corrected chi connectivity index (χ0v) is 22.6. The number of hydrogen-bond donors (Lipinski definition) is 1. The van der Waals surface area contributed by atoms with Crippen molar-refractivity contribution in [2.75, 3.05) is 19.0 Å². The first kappa shape index (κ1) is 25.8. The zero-order valence-electron chi connectivity index (χ0n) is 21.7. The minimum absolute atomic E-state index is 0.0562. The van der Waals surface area contributed by atoms with Gasteiger partial charge < -0.3 is 14.8 Å². The zero-order chi connectivity index (χ0) is 27.1. The van der Waals surface area contributed by atoms with Crippen molar-refractivity contribution in [2.45, 2.75) is 58.1 Å². The van der Waals surface area contributed by atoms with E-state index in [1.54, 1.807) is 13.2 Å². The summed E-state index contributed by atoms with van der Waals surface area (Å²) in [6, 6.07) is 7.38. The number of benzene rings is 1. The van der Waals surface area contributed by atoms with Crippen LogP contribution in [-0.4, -0.2) is 39.0 Å². The maximum atomic E-state index is 14.3. The highest BCUT2D eigenvalue weighted by molar-refractivity contribution is 7.13. The van der Waals surface area contributed by atoms with Gasteiger partial charge in [-0.25, -0.2) is 23.7 Å². The molecule has 0 spiro atoms. The van der Waals surface area contributed by atoms with Gasteiger partial charge in [-0.05, 0) is 57.2 Å². The molecule has 39 heavy (non-hydrogen) atoms. The van der Waals surface area contributed by atoms with E-state index < -0.39 is 18.5 Å². The predicted octanol–water partition coefficient (Wildman–Crippen LogP) is 6.77. The lowest BCUT2D eigenvalue weighted by Crippen LogP contribution is -2.21. The van der Waals surface area contributed by atoms with Crippen molar-refractivity contribution in [3.8, 4) is 16.3 Å². The van der Waals surface area contributed by atoms with Crippen molar-refractivity contribution in [1.29, 1.82) is 0 Å². The minimum atomic E-state index is -2.82. The van der Waals surface area contributed by atoms with Crippen LogP contribution in [0, 0.1) is 12.8 Å². The van der Waals surface area contributed by atoms with Gasteiger partial charge in [0.2, 0.25) is 0 Å². The molecule has 0 radical (unpaired) electrons. The number of hydrogen-bond acceptors (Lipinski definition) is 8. The first-order chi connectivity index (χ1) is 18.9. The third kappa shape index (κ3) is 5.12. The summed E-state index contributed by atoms with van der Waals surface area (Å²) in [5, 5.41) is 6.14. The van der Waals surface area contributed by atoms with Crippen LogP contribution in [0.2, 0.25) is 0 Å². The summed E-state index contributed by atoms with van der Waals surface area (Å²) in [7, 11) is 1.58. The van der Waals surface area contributed by atoms with Gasteiger partial charge >= 0.3 is 0 Å². The fourth-order valence-electron chi connectivity index (χ4n) is 5.06. The van der Waals surface area contributed by atoms with Crippen molar-refractivity contribution in [1.82, 2.24) is 19.5 Å². The molecule has 1 saturated heterocycles. The highest BCUT2D eigenvalue weighted by atomic mass is 32.1. The van der Waals surface area contributed by atoms with Crippen molar-refractivity contribution >= 4 is 39.7 Å². The number of imidazole rings is 1.